The van der Waals surface area contributed by atoms with Gasteiger partial charge in [-0.1, -0.05) is 5.46 Å². The van der Waals surface area contributed by atoms with Crippen LogP contribution in [0.2, 0.25) is 0 Å². The van der Waals surface area contributed by atoms with Crippen LogP contribution in [0.5, 0.6) is 0 Å². The number of hydrogen-bond acceptors (Lipinski definition) is 2. The highest BCUT2D eigenvalue weighted by molar-refractivity contribution is 7.18. The molecule has 11 heavy (non-hydrogen) atoms. The average Bonchev–Trinajstić information content (AvgIpc) is 2.53. The molecule has 0 saturated carbocycles. The van der Waals surface area contributed by atoms with Gasteiger partial charge in [-0.25, -0.2) is 0 Å². The van der Waals surface area contributed by atoms with Crippen molar-refractivity contribution >= 4 is 34.9 Å². The molecule has 0 aromatic carbocycles. The van der Waals surface area contributed by atoms with E-state index in [1.165, 1.54) is 11.3 Å². The maximum Gasteiger partial charge on any atom is 0.117 e. The molecular formula is C7H3BN2S. The van der Waals surface area contributed by atoms with Gasteiger partial charge in [-0.3, -0.25) is 0 Å². The van der Waals surface area contributed by atoms with E-state index in [1.807, 2.05) is 5.38 Å². The number of thiophene rings is 1. The highest BCUT2D eigenvalue weighted by Gasteiger charge is 2.05. The van der Waals surface area contributed by atoms with Crippen LogP contribution in [0.3, 0.4) is 0 Å². The van der Waals surface area contributed by atoms with Gasteiger partial charge in [-0.05, 0) is 5.38 Å². The van der Waals surface area contributed by atoms with Gasteiger partial charge in [0.2, 0.25) is 0 Å². The van der Waals surface area contributed by atoms with E-state index in [1.54, 1.807) is 6.20 Å². The van der Waals surface area contributed by atoms with Gasteiger partial charge in [-0.2, -0.15) is 5.26 Å². The maximum atomic E-state index is 8.63. The Hall–Kier alpha value is -1.21. The smallest absolute Gasteiger partial charge is 0.117 e. The van der Waals surface area contributed by atoms with Gasteiger partial charge in [0, 0.05) is 6.20 Å². The number of aromatic nitrogens is 1. The first-order chi connectivity index (χ1) is 5.33. The maximum absolute atomic E-state index is 8.63. The molecule has 1 N–H and O–H groups in total. The Bertz CT molecular complexity index is 435. The largest absolute Gasteiger partial charge is 0.360 e. The molecule has 0 aliphatic heterocycles. The van der Waals surface area contributed by atoms with E-state index >= 15 is 0 Å². The number of aromatic amines is 1. The highest BCUT2D eigenvalue weighted by Crippen LogP contribution is 2.20. The molecule has 2 heterocycles. The minimum absolute atomic E-state index is 0.668. The van der Waals surface area contributed by atoms with E-state index in [2.05, 4.69) is 11.1 Å². The summed E-state index contributed by atoms with van der Waals surface area (Å²) in [7, 11) is 5.61. The van der Waals surface area contributed by atoms with E-state index < -0.39 is 0 Å². The third kappa shape index (κ3) is 0.781. The lowest BCUT2D eigenvalue weighted by Gasteiger charge is -1.78. The van der Waals surface area contributed by atoms with Crippen molar-refractivity contribution in [1.82, 2.24) is 4.98 Å². The number of rotatable bonds is 0. The standard InChI is InChI=1S/C7H3BN2S/c8-5-3-11-7-4(1-9)2-10-6(5)7/h2-3,10H. The van der Waals surface area contributed by atoms with Crippen molar-refractivity contribution in [3.8, 4) is 6.07 Å². The van der Waals surface area contributed by atoms with Gasteiger partial charge < -0.3 is 4.98 Å². The molecule has 0 saturated heterocycles. The fraction of sp³-hybridized carbons (Fsp3) is 0. The fourth-order valence-electron chi connectivity index (χ4n) is 1.01. The van der Waals surface area contributed by atoms with Gasteiger partial charge >= 0.3 is 0 Å². The Labute approximate surface area is 68.9 Å². The minimum Gasteiger partial charge on any atom is -0.360 e. The number of hydrogen-bond donors (Lipinski definition) is 1. The van der Waals surface area contributed by atoms with Crippen LogP contribution in [0.15, 0.2) is 11.6 Å². The second-order valence-corrected chi connectivity index (χ2v) is 3.09. The number of H-pyrrole nitrogens is 1. The average molecular weight is 158 g/mol. The van der Waals surface area contributed by atoms with Crippen molar-refractivity contribution < 1.29 is 0 Å². The van der Waals surface area contributed by atoms with Gasteiger partial charge in [0.05, 0.1) is 15.8 Å². The van der Waals surface area contributed by atoms with E-state index in [0.717, 1.165) is 10.2 Å². The molecule has 0 atom stereocenters. The first-order valence-corrected chi connectivity index (χ1v) is 3.95. The first-order valence-electron chi connectivity index (χ1n) is 3.07. The summed E-state index contributed by atoms with van der Waals surface area (Å²) in [4.78, 5) is 2.95. The number of nitrogens with one attached hydrogen (secondary N) is 1. The Morgan fingerprint density at radius 3 is 3.18 bits per heavy atom. The van der Waals surface area contributed by atoms with Crippen molar-refractivity contribution in [2.75, 3.05) is 0 Å². The molecule has 0 spiro atoms. The van der Waals surface area contributed by atoms with Crippen molar-refractivity contribution in [2.24, 2.45) is 0 Å². The summed E-state index contributed by atoms with van der Waals surface area (Å²) in [6.07, 6.45) is 1.68. The molecule has 0 bridgehead atoms. The molecular weight excluding hydrogens is 155 g/mol. The fourth-order valence-corrected chi connectivity index (χ4v) is 1.90. The molecule has 0 aliphatic rings. The lowest BCUT2D eigenvalue weighted by molar-refractivity contribution is 1.45. The van der Waals surface area contributed by atoms with Gasteiger partial charge in [0.15, 0.2) is 0 Å². The summed E-state index contributed by atoms with van der Waals surface area (Å²) in [5.41, 5.74) is 2.26. The number of nitrogens with zero attached hydrogens (tertiary/aromatic N) is 1. The summed E-state index contributed by atoms with van der Waals surface area (Å²) < 4.78 is 0.949. The van der Waals surface area contributed by atoms with Crippen LogP contribution in [0.1, 0.15) is 5.56 Å². The Kier molecular flexibility index (Phi) is 1.27. The predicted molar refractivity (Wildman–Crippen MR) is 46.3 cm³/mol. The summed E-state index contributed by atoms with van der Waals surface area (Å²) in [5, 5.41) is 10.5. The zero-order chi connectivity index (χ0) is 7.84. The van der Waals surface area contributed by atoms with Crippen LogP contribution >= 0.6 is 11.3 Å². The molecule has 2 rings (SSSR count). The molecule has 2 aromatic heterocycles. The van der Waals surface area contributed by atoms with Crippen LogP contribution in [0.4, 0.5) is 0 Å². The second-order valence-electron chi connectivity index (χ2n) is 2.21. The van der Waals surface area contributed by atoms with E-state index in [4.69, 9.17) is 13.1 Å². The highest BCUT2D eigenvalue weighted by atomic mass is 32.1. The molecule has 0 aliphatic carbocycles. The van der Waals surface area contributed by atoms with E-state index in [0.29, 0.717) is 11.0 Å². The third-order valence-corrected chi connectivity index (χ3v) is 2.58. The minimum atomic E-state index is 0.668. The summed E-state index contributed by atoms with van der Waals surface area (Å²) in [5.74, 6) is 0. The Morgan fingerprint density at radius 2 is 2.45 bits per heavy atom. The molecule has 4 heteroatoms. The van der Waals surface area contributed by atoms with Gasteiger partial charge in [0.1, 0.15) is 13.9 Å². The first kappa shape index (κ1) is 6.50. The van der Waals surface area contributed by atoms with Gasteiger partial charge in [0.25, 0.3) is 0 Å². The molecule has 2 aromatic rings. The van der Waals surface area contributed by atoms with Crippen molar-refractivity contribution in [3.05, 3.63) is 17.1 Å². The third-order valence-electron chi connectivity index (χ3n) is 1.55. The molecule has 2 nitrogen and oxygen atoms in total. The number of fused-ring (bicyclic) bond motifs is 1. The SMILES string of the molecule is [B]c1csc2c(C#N)c[nH]c12. The van der Waals surface area contributed by atoms with E-state index in [-0.39, 0.29) is 0 Å². The summed E-state index contributed by atoms with van der Waals surface area (Å²) in [6.45, 7) is 0. The topological polar surface area (TPSA) is 39.6 Å². The Morgan fingerprint density at radius 1 is 1.64 bits per heavy atom. The van der Waals surface area contributed by atoms with Crippen LogP contribution in [0.25, 0.3) is 10.2 Å². The summed E-state index contributed by atoms with van der Waals surface area (Å²) >= 11 is 1.49. The monoisotopic (exact) mass is 158 g/mol. The van der Waals surface area contributed by atoms with Gasteiger partial charge in [-0.15, -0.1) is 11.3 Å². The lowest BCUT2D eigenvalue weighted by Crippen LogP contribution is -1.96. The second kappa shape index (κ2) is 2.14. The van der Waals surface area contributed by atoms with E-state index in [9.17, 15) is 0 Å². The van der Waals surface area contributed by atoms with Crippen molar-refractivity contribution in [3.63, 3.8) is 0 Å². The van der Waals surface area contributed by atoms with Crippen molar-refractivity contribution in [1.29, 1.82) is 5.26 Å². The zero-order valence-electron chi connectivity index (χ0n) is 5.59. The molecule has 0 unspecified atom stereocenters. The van der Waals surface area contributed by atoms with Crippen LogP contribution in [-0.2, 0) is 0 Å². The normalized spacial score (nSPS) is 10.1. The molecule has 0 fully saturated rings. The zero-order valence-corrected chi connectivity index (χ0v) is 6.40. The van der Waals surface area contributed by atoms with Crippen molar-refractivity contribution in [2.45, 2.75) is 0 Å². The lowest BCUT2D eigenvalue weighted by atomic mass is 9.99. The molecule has 0 amide bonds. The molecule has 50 valence electrons. The van der Waals surface area contributed by atoms with Crippen LogP contribution in [0, 0.1) is 11.3 Å². The molecule has 2 radical (unpaired) electrons. The van der Waals surface area contributed by atoms with Crippen LogP contribution < -0.4 is 5.46 Å². The summed E-state index contributed by atoms with van der Waals surface area (Å²) in [6, 6.07) is 2.09. The number of nitriles is 1. The quantitative estimate of drug-likeness (QED) is 0.568. The Balaban J connectivity index is 2.90. The predicted octanol–water partition coefficient (Wildman–Crippen LogP) is 0.895. The van der Waals surface area contributed by atoms with Crippen LogP contribution in [-0.4, -0.2) is 12.8 Å².